The minimum Gasteiger partial charge on any atom is -0.392 e. The summed E-state index contributed by atoms with van der Waals surface area (Å²) in [5.74, 6) is 2.41. The number of amides is 2. The lowest BCUT2D eigenvalue weighted by atomic mass is 9.53. The van der Waals surface area contributed by atoms with Gasteiger partial charge in [0.05, 0.1) is 25.4 Å². The molecule has 0 radical (unpaired) electrons. The fraction of sp³-hybridized carbons (Fsp3) is 0.548. The maximum Gasteiger partial charge on any atom is 0.315 e. The molecule has 3 aromatic rings. The lowest BCUT2D eigenvalue weighted by molar-refractivity contribution is -0.253. The quantitative estimate of drug-likeness (QED) is 0.198. The van der Waals surface area contributed by atoms with Gasteiger partial charge in [-0.15, -0.1) is 0 Å². The van der Waals surface area contributed by atoms with Gasteiger partial charge in [0.25, 0.3) is 0 Å². The molecule has 3 N–H and O–H groups in total. The summed E-state index contributed by atoms with van der Waals surface area (Å²) in [6.45, 7) is 3.17. The van der Waals surface area contributed by atoms with E-state index in [9.17, 15) is 9.90 Å². The maximum absolute atomic E-state index is 13.1. The number of likely N-dealkylation sites (tertiary alicyclic amines) is 1. The Bertz CT molecular complexity index is 1580. The minimum atomic E-state index is -0.489. The number of urea groups is 1. The molecule has 8 nitrogen and oxygen atoms in total. The molecule has 2 amide bonds. The van der Waals surface area contributed by atoms with E-state index in [0.29, 0.717) is 12.6 Å². The van der Waals surface area contributed by atoms with Gasteiger partial charge in [0, 0.05) is 43.8 Å². The molecule has 4 unspecified atom stereocenters. The minimum absolute atomic E-state index is 0.0118. The monoisotopic (exact) mass is 679 g/mol. The number of carbonyl (C=O) groups is 1. The van der Waals surface area contributed by atoms with Crippen LogP contribution in [0.1, 0.15) is 92.4 Å². The fourth-order valence-corrected chi connectivity index (χ4v) is 10.2. The van der Waals surface area contributed by atoms with Crippen molar-refractivity contribution in [3.8, 4) is 11.1 Å². The number of benzene rings is 3. The van der Waals surface area contributed by atoms with Crippen molar-refractivity contribution in [1.82, 2.24) is 15.5 Å². The number of aliphatic hydroxyl groups is 1. The fourth-order valence-electron chi connectivity index (χ4n) is 10.2. The zero-order chi connectivity index (χ0) is 34.1. The van der Waals surface area contributed by atoms with Crippen LogP contribution in [0.25, 0.3) is 11.1 Å². The summed E-state index contributed by atoms with van der Waals surface area (Å²) in [4.78, 5) is 15.6. The van der Waals surface area contributed by atoms with Crippen LogP contribution in [0.5, 0.6) is 0 Å². The van der Waals surface area contributed by atoms with E-state index in [1.54, 1.807) is 7.11 Å². The highest BCUT2D eigenvalue weighted by Crippen LogP contribution is 2.55. The molecule has 4 aliphatic carbocycles. The van der Waals surface area contributed by atoms with Crippen molar-refractivity contribution in [2.24, 2.45) is 17.8 Å². The molecule has 0 aromatic heterocycles. The number of methoxy groups -OCH3 is 1. The van der Waals surface area contributed by atoms with Gasteiger partial charge in [-0.2, -0.15) is 0 Å². The van der Waals surface area contributed by atoms with Crippen molar-refractivity contribution in [3.63, 3.8) is 0 Å². The lowest BCUT2D eigenvalue weighted by Gasteiger charge is -2.56. The van der Waals surface area contributed by atoms with Crippen molar-refractivity contribution in [2.75, 3.05) is 26.8 Å². The second kappa shape index (κ2) is 14.8. The van der Waals surface area contributed by atoms with Gasteiger partial charge in [-0.05, 0) is 110 Å². The van der Waals surface area contributed by atoms with E-state index in [4.69, 9.17) is 14.2 Å². The Morgan fingerprint density at radius 2 is 1.60 bits per heavy atom. The third-order valence-corrected chi connectivity index (χ3v) is 12.2. The number of aliphatic hydroxyl groups excluding tert-OH is 1. The molecular formula is C42H53N3O5. The Morgan fingerprint density at radius 3 is 2.30 bits per heavy atom. The van der Waals surface area contributed by atoms with Gasteiger partial charge in [-0.25, -0.2) is 4.79 Å². The lowest BCUT2D eigenvalue weighted by Crippen LogP contribution is -2.61. The Labute approximate surface area is 296 Å². The van der Waals surface area contributed by atoms with Gasteiger partial charge in [0.2, 0.25) is 0 Å². The summed E-state index contributed by atoms with van der Waals surface area (Å²) in [7, 11) is 1.78. The van der Waals surface area contributed by atoms with Gasteiger partial charge in [-0.1, -0.05) is 66.7 Å². The van der Waals surface area contributed by atoms with Crippen molar-refractivity contribution < 1.29 is 24.1 Å². The van der Waals surface area contributed by atoms with Crippen molar-refractivity contribution in [2.45, 2.75) is 101 Å². The first-order chi connectivity index (χ1) is 24.4. The molecule has 0 spiro atoms. The van der Waals surface area contributed by atoms with E-state index in [2.05, 4.69) is 76.2 Å². The van der Waals surface area contributed by atoms with Crippen LogP contribution in [0.4, 0.5) is 4.79 Å². The number of nitrogens with one attached hydrogen (secondary N) is 2. The maximum atomic E-state index is 13.1. The van der Waals surface area contributed by atoms with Gasteiger partial charge in [-0.3, -0.25) is 4.90 Å². The molecular weight excluding hydrogens is 626 g/mol. The standard InChI is InChI=1S/C42H53N3O5/c1-48-27-37-6-3-15-45(37)25-38-20-39(34-9-7-28(26-46)8-10-34)50-40(49-38)35-13-11-33(12-14-35)36-5-2-4-29(19-36)24-43-41(47)44-42-21-30-16-31(22-42)18-32(17-30)23-42/h2,4-5,7-14,19,30-32,37-40,46H,3,6,15-18,20-27H2,1H3,(H2,43,44,47). The summed E-state index contributed by atoms with van der Waals surface area (Å²) in [5, 5.41) is 16.2. The average Bonchev–Trinajstić information content (AvgIpc) is 3.56. The summed E-state index contributed by atoms with van der Waals surface area (Å²) >= 11 is 0. The van der Waals surface area contributed by atoms with Crippen LogP contribution >= 0.6 is 0 Å². The Hall–Kier alpha value is -3.27. The average molecular weight is 680 g/mol. The van der Waals surface area contributed by atoms with Crippen LogP contribution in [-0.4, -0.2) is 60.5 Å². The molecule has 8 heteroatoms. The predicted molar refractivity (Wildman–Crippen MR) is 193 cm³/mol. The first kappa shape index (κ1) is 33.9. The third-order valence-electron chi connectivity index (χ3n) is 12.2. The number of rotatable bonds is 11. The van der Waals surface area contributed by atoms with E-state index < -0.39 is 6.29 Å². The van der Waals surface area contributed by atoms with Crippen molar-refractivity contribution >= 4 is 6.03 Å². The van der Waals surface area contributed by atoms with E-state index in [1.165, 1.54) is 25.7 Å². The van der Waals surface area contributed by atoms with Gasteiger partial charge in [0.15, 0.2) is 6.29 Å². The molecule has 2 heterocycles. The van der Waals surface area contributed by atoms with E-state index in [1.807, 2.05) is 12.1 Å². The predicted octanol–water partition coefficient (Wildman–Crippen LogP) is 7.27. The molecule has 4 atom stereocenters. The molecule has 4 bridgehead atoms. The number of hydrogen-bond donors (Lipinski definition) is 3. The van der Waals surface area contributed by atoms with Crippen LogP contribution < -0.4 is 10.6 Å². The molecule has 50 heavy (non-hydrogen) atoms. The summed E-state index contributed by atoms with van der Waals surface area (Å²) in [6, 6.07) is 25.4. The van der Waals surface area contributed by atoms with Gasteiger partial charge in [0.1, 0.15) is 0 Å². The van der Waals surface area contributed by atoms with Crippen LogP contribution in [0.15, 0.2) is 72.8 Å². The molecule has 4 saturated carbocycles. The number of carbonyl (C=O) groups excluding carboxylic acids is 1. The van der Waals surface area contributed by atoms with Crippen LogP contribution in [-0.2, 0) is 27.4 Å². The summed E-state index contributed by atoms with van der Waals surface area (Å²) < 4.78 is 18.8. The molecule has 2 aliphatic heterocycles. The van der Waals surface area contributed by atoms with Crippen molar-refractivity contribution in [1.29, 1.82) is 0 Å². The molecule has 3 aromatic carbocycles. The Kier molecular flexibility index (Phi) is 9.99. The van der Waals surface area contributed by atoms with Crippen molar-refractivity contribution in [3.05, 3.63) is 95.1 Å². The van der Waals surface area contributed by atoms with Crippen LogP contribution in [0.2, 0.25) is 0 Å². The zero-order valence-corrected chi connectivity index (χ0v) is 29.4. The van der Waals surface area contributed by atoms with E-state index in [0.717, 1.165) is 103 Å². The number of ether oxygens (including phenoxy) is 3. The second-order valence-electron chi connectivity index (χ2n) is 15.9. The highest BCUT2D eigenvalue weighted by molar-refractivity contribution is 5.75. The highest BCUT2D eigenvalue weighted by atomic mass is 16.7. The molecule has 9 rings (SSSR count). The summed E-state index contributed by atoms with van der Waals surface area (Å²) in [6.07, 6.45) is 10.1. The second-order valence-corrected chi connectivity index (χ2v) is 15.9. The Morgan fingerprint density at radius 1 is 0.880 bits per heavy atom. The van der Waals surface area contributed by atoms with E-state index in [-0.39, 0.29) is 30.4 Å². The Balaban J connectivity index is 0.924. The molecule has 266 valence electrons. The van der Waals surface area contributed by atoms with E-state index >= 15 is 0 Å². The molecule has 6 aliphatic rings. The number of hydrogen-bond acceptors (Lipinski definition) is 6. The molecule has 2 saturated heterocycles. The van der Waals surface area contributed by atoms with Gasteiger partial charge >= 0.3 is 6.03 Å². The zero-order valence-electron chi connectivity index (χ0n) is 29.4. The third kappa shape index (κ3) is 7.51. The topological polar surface area (TPSA) is 92.3 Å². The summed E-state index contributed by atoms with van der Waals surface area (Å²) in [5.41, 5.74) is 6.30. The van der Waals surface area contributed by atoms with Crippen LogP contribution in [0.3, 0.4) is 0 Å². The molecule has 6 fully saturated rings. The normalized spacial score (nSPS) is 31.9. The largest absolute Gasteiger partial charge is 0.392 e. The first-order valence-corrected chi connectivity index (χ1v) is 18.9. The van der Waals surface area contributed by atoms with Crippen LogP contribution in [0, 0.1) is 17.8 Å². The highest BCUT2D eigenvalue weighted by Gasteiger charge is 2.51. The SMILES string of the molecule is COCC1CCCN1CC1CC(c2ccc(CO)cc2)OC(c2ccc(-c3cccc(CNC(=O)NC45CC6CC(CC(C6)C4)C5)c3)cc2)O1. The smallest absolute Gasteiger partial charge is 0.315 e. The van der Waals surface area contributed by atoms with Gasteiger partial charge < -0.3 is 30.0 Å². The first-order valence-electron chi connectivity index (χ1n) is 18.9. The number of nitrogens with zero attached hydrogens (tertiary/aromatic N) is 1.